The normalized spacial score (nSPS) is 9.85. The Morgan fingerprint density at radius 2 is 1.85 bits per heavy atom. The maximum Gasteiger partial charge on any atom is 0.257 e. The highest BCUT2D eigenvalue weighted by Crippen LogP contribution is 2.15. The quantitative estimate of drug-likeness (QED) is 0.780. The van der Waals surface area contributed by atoms with E-state index in [9.17, 15) is 9.59 Å². The van der Waals surface area contributed by atoms with Crippen LogP contribution in [0.3, 0.4) is 0 Å². The van der Waals surface area contributed by atoms with Crippen LogP contribution < -0.4 is 10.6 Å². The summed E-state index contributed by atoms with van der Waals surface area (Å²) in [4.78, 5) is 26.9. The summed E-state index contributed by atoms with van der Waals surface area (Å²) in [5.74, 6) is -0.801. The van der Waals surface area contributed by atoms with Crippen LogP contribution in [0.15, 0.2) is 48.8 Å². The molecule has 0 aliphatic heterocycles. The summed E-state index contributed by atoms with van der Waals surface area (Å²) in [5.41, 5.74) is 1.47. The van der Waals surface area contributed by atoms with Gasteiger partial charge in [0.15, 0.2) is 0 Å². The number of carbonyl (C=O) groups excluding carboxylic acids is 2. The third kappa shape index (κ3) is 3.63. The second kappa shape index (κ2) is 6.44. The first-order valence-electron chi connectivity index (χ1n) is 5.91. The molecule has 1 aromatic carbocycles. The first kappa shape index (κ1) is 13.7. The van der Waals surface area contributed by atoms with E-state index in [-0.39, 0.29) is 5.91 Å². The Hall–Kier alpha value is -2.73. The van der Waals surface area contributed by atoms with E-state index in [2.05, 4.69) is 15.6 Å². The molecule has 0 unspecified atom stereocenters. The van der Waals surface area contributed by atoms with Crippen LogP contribution >= 0.6 is 0 Å². The lowest BCUT2D eigenvalue weighted by molar-refractivity contribution is -0.118. The minimum absolute atomic E-state index is 0.288. The van der Waals surface area contributed by atoms with Gasteiger partial charge in [0.05, 0.1) is 5.56 Å². The number of aromatic nitrogens is 1. The molecule has 2 aromatic rings. The molecule has 0 atom stereocenters. The maximum atomic E-state index is 11.9. The zero-order valence-electron chi connectivity index (χ0n) is 10.5. The van der Waals surface area contributed by atoms with E-state index in [1.807, 2.05) is 0 Å². The summed E-state index contributed by atoms with van der Waals surface area (Å²) >= 11 is 0. The van der Waals surface area contributed by atoms with Crippen LogP contribution in [0.5, 0.6) is 0 Å². The fourth-order valence-corrected chi connectivity index (χ4v) is 1.58. The van der Waals surface area contributed by atoms with Gasteiger partial charge >= 0.3 is 0 Å². The van der Waals surface area contributed by atoms with Crippen LogP contribution in [-0.2, 0) is 4.79 Å². The number of rotatable bonds is 4. The highest BCUT2D eigenvalue weighted by atomic mass is 16.3. The smallest absolute Gasteiger partial charge is 0.257 e. The summed E-state index contributed by atoms with van der Waals surface area (Å²) in [6.45, 7) is -0.591. The number of anilines is 2. The molecule has 6 heteroatoms. The van der Waals surface area contributed by atoms with Crippen molar-refractivity contribution in [3.05, 3.63) is 54.4 Å². The van der Waals surface area contributed by atoms with Gasteiger partial charge in [0.1, 0.15) is 6.61 Å². The molecule has 0 saturated heterocycles. The number of aliphatic hydroxyl groups is 1. The van der Waals surface area contributed by atoms with Crippen molar-refractivity contribution in [2.24, 2.45) is 0 Å². The van der Waals surface area contributed by atoms with E-state index in [1.54, 1.807) is 42.6 Å². The SMILES string of the molecule is O=C(CO)Nc1cccc(NC(=O)c2cccnc2)c1. The van der Waals surface area contributed by atoms with Crippen LogP contribution in [0.4, 0.5) is 11.4 Å². The van der Waals surface area contributed by atoms with Crippen LogP contribution in [0, 0.1) is 0 Å². The molecular formula is C14H13N3O3. The van der Waals surface area contributed by atoms with Gasteiger partial charge in [-0.1, -0.05) is 6.07 Å². The predicted octanol–water partition coefficient (Wildman–Crippen LogP) is 1.26. The van der Waals surface area contributed by atoms with Gasteiger partial charge in [0.25, 0.3) is 5.91 Å². The average Bonchev–Trinajstić information content (AvgIpc) is 2.48. The van der Waals surface area contributed by atoms with Crippen LogP contribution in [-0.4, -0.2) is 28.5 Å². The predicted molar refractivity (Wildman–Crippen MR) is 74.3 cm³/mol. The van der Waals surface area contributed by atoms with Gasteiger partial charge in [-0.25, -0.2) is 0 Å². The number of aliphatic hydroxyl groups excluding tert-OH is 1. The van der Waals surface area contributed by atoms with Crippen molar-refractivity contribution in [2.75, 3.05) is 17.2 Å². The number of carbonyl (C=O) groups is 2. The monoisotopic (exact) mass is 271 g/mol. The second-order valence-corrected chi connectivity index (χ2v) is 3.98. The lowest BCUT2D eigenvalue weighted by atomic mass is 10.2. The second-order valence-electron chi connectivity index (χ2n) is 3.98. The molecule has 20 heavy (non-hydrogen) atoms. The van der Waals surface area contributed by atoms with E-state index >= 15 is 0 Å². The van der Waals surface area contributed by atoms with Crippen molar-refractivity contribution in [2.45, 2.75) is 0 Å². The molecule has 0 radical (unpaired) electrons. The van der Waals surface area contributed by atoms with E-state index in [0.717, 1.165) is 0 Å². The van der Waals surface area contributed by atoms with Crippen molar-refractivity contribution in [1.29, 1.82) is 0 Å². The number of nitrogens with one attached hydrogen (secondary N) is 2. The molecule has 2 amide bonds. The Balaban J connectivity index is 2.08. The molecule has 0 fully saturated rings. The van der Waals surface area contributed by atoms with Crippen molar-refractivity contribution < 1.29 is 14.7 Å². The molecule has 0 saturated carbocycles. The number of amides is 2. The van der Waals surface area contributed by atoms with Crippen molar-refractivity contribution in [3.63, 3.8) is 0 Å². The lowest BCUT2D eigenvalue weighted by Crippen LogP contribution is -2.16. The average molecular weight is 271 g/mol. The number of hydrogen-bond acceptors (Lipinski definition) is 4. The van der Waals surface area contributed by atoms with Crippen LogP contribution in [0.2, 0.25) is 0 Å². The van der Waals surface area contributed by atoms with E-state index in [0.29, 0.717) is 16.9 Å². The van der Waals surface area contributed by atoms with E-state index in [4.69, 9.17) is 5.11 Å². The van der Waals surface area contributed by atoms with Crippen molar-refractivity contribution in [3.8, 4) is 0 Å². The summed E-state index contributed by atoms with van der Waals surface area (Å²) < 4.78 is 0. The molecule has 3 N–H and O–H groups in total. The molecule has 1 aromatic heterocycles. The minimum atomic E-state index is -0.591. The molecular weight excluding hydrogens is 258 g/mol. The standard InChI is InChI=1S/C14H13N3O3/c18-9-13(19)16-11-4-1-5-12(7-11)17-14(20)10-3-2-6-15-8-10/h1-8,18H,9H2,(H,16,19)(H,17,20). The number of nitrogens with zero attached hydrogens (tertiary/aromatic N) is 1. The largest absolute Gasteiger partial charge is 0.387 e. The first-order valence-corrected chi connectivity index (χ1v) is 5.91. The molecule has 102 valence electrons. The van der Waals surface area contributed by atoms with Gasteiger partial charge in [0, 0.05) is 23.8 Å². The molecule has 0 aliphatic carbocycles. The molecule has 0 bridgehead atoms. The lowest BCUT2D eigenvalue weighted by Gasteiger charge is -2.08. The zero-order valence-corrected chi connectivity index (χ0v) is 10.5. The van der Waals surface area contributed by atoms with Crippen molar-refractivity contribution in [1.82, 2.24) is 4.98 Å². The summed E-state index contributed by atoms with van der Waals surface area (Å²) in [6, 6.07) is 9.97. The summed E-state index contributed by atoms with van der Waals surface area (Å²) in [5, 5.41) is 13.9. The van der Waals surface area contributed by atoms with Gasteiger partial charge < -0.3 is 15.7 Å². The highest BCUT2D eigenvalue weighted by Gasteiger charge is 2.06. The first-order chi connectivity index (χ1) is 9.69. The topological polar surface area (TPSA) is 91.3 Å². The number of pyridine rings is 1. The fourth-order valence-electron chi connectivity index (χ4n) is 1.58. The summed E-state index contributed by atoms with van der Waals surface area (Å²) in [6.07, 6.45) is 3.05. The highest BCUT2D eigenvalue weighted by molar-refractivity contribution is 6.04. The summed E-state index contributed by atoms with van der Waals surface area (Å²) in [7, 11) is 0. The third-order valence-electron chi connectivity index (χ3n) is 2.47. The fraction of sp³-hybridized carbons (Fsp3) is 0.0714. The molecule has 0 aliphatic rings. The van der Waals surface area contributed by atoms with Gasteiger partial charge in [-0.05, 0) is 30.3 Å². The van der Waals surface area contributed by atoms with Gasteiger partial charge in [-0.3, -0.25) is 14.6 Å². The van der Waals surface area contributed by atoms with Crippen molar-refractivity contribution >= 4 is 23.2 Å². The molecule has 2 rings (SSSR count). The maximum absolute atomic E-state index is 11.9. The third-order valence-corrected chi connectivity index (χ3v) is 2.47. The van der Waals surface area contributed by atoms with Gasteiger partial charge in [-0.15, -0.1) is 0 Å². The van der Waals surface area contributed by atoms with Crippen LogP contribution in [0.25, 0.3) is 0 Å². The Morgan fingerprint density at radius 3 is 2.50 bits per heavy atom. The Kier molecular flexibility index (Phi) is 4.41. The van der Waals surface area contributed by atoms with E-state index in [1.165, 1.54) is 6.20 Å². The Bertz CT molecular complexity index is 614. The molecule has 1 heterocycles. The number of hydrogen-bond donors (Lipinski definition) is 3. The number of benzene rings is 1. The minimum Gasteiger partial charge on any atom is -0.387 e. The zero-order chi connectivity index (χ0) is 14.4. The molecule has 0 spiro atoms. The Morgan fingerprint density at radius 1 is 1.10 bits per heavy atom. The molecule has 6 nitrogen and oxygen atoms in total. The Labute approximate surface area is 115 Å². The van der Waals surface area contributed by atoms with Gasteiger partial charge in [0.2, 0.25) is 5.91 Å². The van der Waals surface area contributed by atoms with E-state index < -0.39 is 12.5 Å². The van der Waals surface area contributed by atoms with Crippen LogP contribution in [0.1, 0.15) is 10.4 Å². The van der Waals surface area contributed by atoms with Gasteiger partial charge in [-0.2, -0.15) is 0 Å².